The van der Waals surface area contributed by atoms with Gasteiger partial charge in [-0.25, -0.2) is 0 Å². The van der Waals surface area contributed by atoms with Gasteiger partial charge in [0.15, 0.2) is 5.82 Å². The summed E-state index contributed by atoms with van der Waals surface area (Å²) in [6.07, 6.45) is 0. The molecule has 2 aromatic carbocycles. The van der Waals surface area contributed by atoms with E-state index in [1.807, 2.05) is 31.2 Å². The van der Waals surface area contributed by atoms with Crippen LogP contribution in [0.2, 0.25) is 10.0 Å². The van der Waals surface area contributed by atoms with Crippen LogP contribution >= 0.6 is 23.2 Å². The van der Waals surface area contributed by atoms with Gasteiger partial charge in [0.25, 0.3) is 0 Å². The van der Waals surface area contributed by atoms with Gasteiger partial charge in [-0.15, -0.1) is 0 Å². The summed E-state index contributed by atoms with van der Waals surface area (Å²) >= 11 is 12.0. The Morgan fingerprint density at radius 3 is 2.64 bits per heavy atom. The van der Waals surface area contributed by atoms with Crippen LogP contribution in [0.15, 0.2) is 42.5 Å². The summed E-state index contributed by atoms with van der Waals surface area (Å²) in [7, 11) is 0. The number of hydrogen-bond acceptors (Lipinski definition) is 6. The maximum atomic E-state index is 6.08. The summed E-state index contributed by atoms with van der Waals surface area (Å²) in [6, 6.07) is 12.8. The fourth-order valence-electron chi connectivity index (χ4n) is 2.13. The van der Waals surface area contributed by atoms with Crippen molar-refractivity contribution in [3.05, 3.63) is 63.9 Å². The lowest BCUT2D eigenvalue weighted by Gasteiger charge is -2.10. The zero-order valence-electron chi connectivity index (χ0n) is 13.3. The molecule has 6 nitrogen and oxygen atoms in total. The van der Waals surface area contributed by atoms with E-state index < -0.39 is 0 Å². The van der Waals surface area contributed by atoms with Crippen LogP contribution in [0.25, 0.3) is 0 Å². The molecule has 0 radical (unpaired) electrons. The topological polar surface area (TPSA) is 86.0 Å². The van der Waals surface area contributed by atoms with Crippen LogP contribution in [0.4, 0.5) is 17.6 Å². The molecule has 0 bridgehead atoms. The summed E-state index contributed by atoms with van der Waals surface area (Å²) < 4.78 is 5.64. The summed E-state index contributed by atoms with van der Waals surface area (Å²) in [5.41, 5.74) is 7.72. The third kappa shape index (κ3) is 4.49. The molecule has 0 unspecified atom stereocenters. The van der Waals surface area contributed by atoms with E-state index in [1.54, 1.807) is 18.2 Å². The first-order valence-corrected chi connectivity index (χ1v) is 8.18. The Balaban J connectivity index is 1.76. The van der Waals surface area contributed by atoms with Crippen LogP contribution in [-0.2, 0) is 6.61 Å². The number of rotatable bonds is 5. The summed E-state index contributed by atoms with van der Waals surface area (Å²) in [5, 5.41) is 4.07. The molecule has 1 heterocycles. The molecule has 8 heteroatoms. The van der Waals surface area contributed by atoms with Crippen molar-refractivity contribution >= 4 is 40.8 Å². The van der Waals surface area contributed by atoms with Crippen LogP contribution in [0, 0.1) is 6.92 Å². The zero-order valence-corrected chi connectivity index (χ0v) is 14.8. The van der Waals surface area contributed by atoms with E-state index >= 15 is 0 Å². The standard InChI is InChI=1S/C17H15Cl2N5O/c1-10-4-2-3-5-13(10)21-17-23-15(22-16(20)24-17)9-25-14-7-6-11(18)8-12(14)19/h2-8H,9H2,1H3,(H3,20,21,22,23,24). The van der Waals surface area contributed by atoms with Crippen molar-refractivity contribution in [3.8, 4) is 5.75 Å². The van der Waals surface area contributed by atoms with Gasteiger partial charge < -0.3 is 15.8 Å². The molecule has 0 atom stereocenters. The van der Waals surface area contributed by atoms with Gasteiger partial charge in [-0.2, -0.15) is 15.0 Å². The fourth-order valence-corrected chi connectivity index (χ4v) is 2.59. The molecule has 128 valence electrons. The molecule has 0 aliphatic carbocycles. The number of nitrogen functional groups attached to an aromatic ring is 1. The molecule has 3 aromatic rings. The quantitative estimate of drug-likeness (QED) is 0.687. The first-order valence-electron chi connectivity index (χ1n) is 7.42. The number of aryl methyl sites for hydroxylation is 1. The highest BCUT2D eigenvalue weighted by molar-refractivity contribution is 6.35. The Bertz CT molecular complexity index is 904. The molecule has 0 aliphatic heterocycles. The fraction of sp³-hybridized carbons (Fsp3) is 0.118. The van der Waals surface area contributed by atoms with E-state index in [9.17, 15) is 0 Å². The van der Waals surface area contributed by atoms with Gasteiger partial charge in [0, 0.05) is 10.7 Å². The van der Waals surface area contributed by atoms with Crippen molar-refractivity contribution in [1.29, 1.82) is 0 Å². The average molecular weight is 376 g/mol. The third-order valence-corrected chi connectivity index (χ3v) is 3.87. The lowest BCUT2D eigenvalue weighted by molar-refractivity contribution is 0.296. The van der Waals surface area contributed by atoms with E-state index in [0.717, 1.165) is 11.3 Å². The Morgan fingerprint density at radius 1 is 1.08 bits per heavy atom. The molecule has 0 saturated heterocycles. The summed E-state index contributed by atoms with van der Waals surface area (Å²) in [6.45, 7) is 2.08. The molecular weight excluding hydrogens is 361 g/mol. The van der Waals surface area contributed by atoms with Gasteiger partial charge >= 0.3 is 0 Å². The molecule has 25 heavy (non-hydrogen) atoms. The van der Waals surface area contributed by atoms with Crippen LogP contribution in [0.3, 0.4) is 0 Å². The zero-order chi connectivity index (χ0) is 17.8. The van der Waals surface area contributed by atoms with Gasteiger partial charge in [0.05, 0.1) is 5.02 Å². The third-order valence-electron chi connectivity index (χ3n) is 3.34. The lowest BCUT2D eigenvalue weighted by Crippen LogP contribution is -2.09. The highest BCUT2D eigenvalue weighted by Crippen LogP contribution is 2.28. The average Bonchev–Trinajstić information content (AvgIpc) is 2.56. The minimum Gasteiger partial charge on any atom is -0.484 e. The Kier molecular flexibility index (Phi) is 5.21. The lowest BCUT2D eigenvalue weighted by atomic mass is 10.2. The molecule has 0 amide bonds. The number of para-hydroxylation sites is 1. The number of nitrogens with one attached hydrogen (secondary N) is 1. The number of nitrogens with two attached hydrogens (primary N) is 1. The highest BCUT2D eigenvalue weighted by atomic mass is 35.5. The van der Waals surface area contributed by atoms with E-state index in [1.165, 1.54) is 0 Å². The smallest absolute Gasteiger partial charge is 0.232 e. The van der Waals surface area contributed by atoms with Crippen molar-refractivity contribution < 1.29 is 4.74 Å². The van der Waals surface area contributed by atoms with Crippen LogP contribution in [0.1, 0.15) is 11.4 Å². The number of ether oxygens (including phenoxy) is 1. The second-order valence-electron chi connectivity index (χ2n) is 5.24. The number of halogens is 2. The van der Waals surface area contributed by atoms with Crippen molar-refractivity contribution in [2.24, 2.45) is 0 Å². The number of anilines is 3. The Hall–Kier alpha value is -2.57. The number of nitrogens with zero attached hydrogens (tertiary/aromatic N) is 3. The molecule has 3 rings (SSSR count). The largest absolute Gasteiger partial charge is 0.484 e. The molecule has 1 aromatic heterocycles. The van der Waals surface area contributed by atoms with Gasteiger partial charge in [0.2, 0.25) is 11.9 Å². The second-order valence-corrected chi connectivity index (χ2v) is 6.08. The Labute approximate surface area is 155 Å². The van der Waals surface area contributed by atoms with Crippen LogP contribution in [-0.4, -0.2) is 15.0 Å². The molecule has 3 N–H and O–H groups in total. The number of aromatic nitrogens is 3. The molecule has 0 fully saturated rings. The van der Waals surface area contributed by atoms with Crippen molar-refractivity contribution in [3.63, 3.8) is 0 Å². The van der Waals surface area contributed by atoms with Gasteiger partial charge in [-0.3, -0.25) is 0 Å². The van der Waals surface area contributed by atoms with Crippen LogP contribution < -0.4 is 15.8 Å². The SMILES string of the molecule is Cc1ccccc1Nc1nc(N)nc(COc2ccc(Cl)cc2Cl)n1. The van der Waals surface area contributed by atoms with Crippen molar-refractivity contribution in [2.75, 3.05) is 11.1 Å². The van der Waals surface area contributed by atoms with Gasteiger partial charge in [-0.05, 0) is 36.8 Å². The van der Waals surface area contributed by atoms with E-state index in [-0.39, 0.29) is 12.6 Å². The maximum absolute atomic E-state index is 6.08. The highest BCUT2D eigenvalue weighted by Gasteiger charge is 2.09. The first kappa shape index (κ1) is 17.3. The summed E-state index contributed by atoms with van der Waals surface area (Å²) in [5.74, 6) is 1.32. The minimum atomic E-state index is 0.0938. The van der Waals surface area contributed by atoms with E-state index in [0.29, 0.717) is 27.6 Å². The number of hydrogen-bond donors (Lipinski definition) is 2. The Morgan fingerprint density at radius 2 is 1.88 bits per heavy atom. The van der Waals surface area contributed by atoms with Crippen LogP contribution in [0.5, 0.6) is 5.75 Å². The van der Waals surface area contributed by atoms with E-state index in [2.05, 4.69) is 20.3 Å². The first-order chi connectivity index (χ1) is 12.0. The second kappa shape index (κ2) is 7.55. The molecule has 0 aliphatic rings. The normalized spacial score (nSPS) is 10.5. The van der Waals surface area contributed by atoms with Gasteiger partial charge in [-0.1, -0.05) is 41.4 Å². The predicted octanol–water partition coefficient (Wildman–Crippen LogP) is 4.39. The monoisotopic (exact) mass is 375 g/mol. The molecule has 0 saturated carbocycles. The summed E-state index contributed by atoms with van der Waals surface area (Å²) in [4.78, 5) is 12.5. The van der Waals surface area contributed by atoms with Crippen molar-refractivity contribution in [1.82, 2.24) is 15.0 Å². The minimum absolute atomic E-state index is 0.0938. The van der Waals surface area contributed by atoms with Gasteiger partial charge in [0.1, 0.15) is 12.4 Å². The van der Waals surface area contributed by atoms with E-state index in [4.69, 9.17) is 33.7 Å². The van der Waals surface area contributed by atoms with Crippen molar-refractivity contribution in [2.45, 2.75) is 13.5 Å². The maximum Gasteiger partial charge on any atom is 0.232 e. The molecule has 0 spiro atoms. The predicted molar refractivity (Wildman–Crippen MR) is 99.5 cm³/mol. The molecular formula is C17H15Cl2N5O. The number of benzene rings is 2.